The fraction of sp³-hybridized carbons (Fsp3) is 0.0476. The SMILES string of the molecule is Cc1c(Cl)cccc1Nc1nc(-c2ccccc2Cl)nc2ccccc12.[Cl-]. The van der Waals surface area contributed by atoms with E-state index in [0.717, 1.165) is 33.5 Å². The summed E-state index contributed by atoms with van der Waals surface area (Å²) >= 11 is 12.6. The highest BCUT2D eigenvalue weighted by Crippen LogP contribution is 2.32. The zero-order valence-corrected chi connectivity index (χ0v) is 16.6. The predicted molar refractivity (Wildman–Crippen MR) is 109 cm³/mol. The summed E-state index contributed by atoms with van der Waals surface area (Å²) in [6.45, 7) is 1.98. The first-order chi connectivity index (χ1) is 12.6. The molecule has 0 unspecified atom stereocenters. The molecule has 0 fully saturated rings. The Hall–Kier alpha value is -2.33. The summed E-state index contributed by atoms with van der Waals surface area (Å²) in [5.74, 6) is 1.30. The van der Waals surface area contributed by atoms with E-state index < -0.39 is 0 Å². The summed E-state index contributed by atoms with van der Waals surface area (Å²) in [5, 5.41) is 5.67. The standard InChI is InChI=1S/C21H15Cl2N3.ClH/c1-13-16(22)10-6-12-18(13)24-21-15-8-3-5-11-19(15)25-20(26-21)14-7-2-4-9-17(14)23;/h2-12H,1H3,(H,24,25,26);1H/p-1. The van der Waals surface area contributed by atoms with Crippen molar-refractivity contribution in [2.24, 2.45) is 0 Å². The second kappa shape index (κ2) is 8.13. The van der Waals surface area contributed by atoms with Gasteiger partial charge in [0, 0.05) is 21.7 Å². The first-order valence-corrected chi connectivity index (χ1v) is 8.93. The maximum absolute atomic E-state index is 6.35. The molecule has 1 aromatic heterocycles. The van der Waals surface area contributed by atoms with Gasteiger partial charge in [0.2, 0.25) is 0 Å². The van der Waals surface area contributed by atoms with Crippen molar-refractivity contribution in [2.45, 2.75) is 6.92 Å². The third kappa shape index (κ3) is 3.86. The third-order valence-electron chi connectivity index (χ3n) is 4.24. The van der Waals surface area contributed by atoms with Gasteiger partial charge in [0.05, 0.1) is 10.5 Å². The van der Waals surface area contributed by atoms with Gasteiger partial charge in [-0.15, -0.1) is 0 Å². The first-order valence-electron chi connectivity index (χ1n) is 8.17. The smallest absolute Gasteiger partial charge is 0.163 e. The Morgan fingerprint density at radius 1 is 0.778 bits per heavy atom. The van der Waals surface area contributed by atoms with Gasteiger partial charge in [0.15, 0.2) is 5.82 Å². The maximum Gasteiger partial charge on any atom is 0.163 e. The second-order valence-electron chi connectivity index (χ2n) is 5.93. The van der Waals surface area contributed by atoms with Gasteiger partial charge < -0.3 is 17.7 Å². The lowest BCUT2D eigenvalue weighted by molar-refractivity contribution is -0.00000507. The molecule has 0 bridgehead atoms. The van der Waals surface area contributed by atoms with E-state index in [1.54, 1.807) is 0 Å². The van der Waals surface area contributed by atoms with Crippen LogP contribution in [-0.4, -0.2) is 9.97 Å². The van der Waals surface area contributed by atoms with Crippen LogP contribution in [0.15, 0.2) is 66.7 Å². The van der Waals surface area contributed by atoms with Crippen LogP contribution in [0.4, 0.5) is 11.5 Å². The van der Waals surface area contributed by atoms with Crippen molar-refractivity contribution < 1.29 is 12.4 Å². The lowest BCUT2D eigenvalue weighted by Crippen LogP contribution is -3.00. The highest BCUT2D eigenvalue weighted by Gasteiger charge is 2.13. The molecule has 0 atom stereocenters. The van der Waals surface area contributed by atoms with Gasteiger partial charge >= 0.3 is 0 Å². The molecule has 0 spiro atoms. The summed E-state index contributed by atoms with van der Waals surface area (Å²) in [5.41, 5.74) is 3.52. The fourth-order valence-electron chi connectivity index (χ4n) is 2.81. The number of halogens is 3. The van der Waals surface area contributed by atoms with E-state index in [9.17, 15) is 0 Å². The van der Waals surface area contributed by atoms with E-state index in [2.05, 4.69) is 10.3 Å². The van der Waals surface area contributed by atoms with Crippen LogP contribution in [-0.2, 0) is 0 Å². The largest absolute Gasteiger partial charge is 1.00 e. The van der Waals surface area contributed by atoms with Crippen LogP contribution in [0.25, 0.3) is 22.3 Å². The molecule has 1 N–H and O–H groups in total. The molecule has 0 saturated heterocycles. The molecule has 3 aromatic carbocycles. The monoisotopic (exact) mass is 414 g/mol. The van der Waals surface area contributed by atoms with Gasteiger partial charge in [-0.1, -0.05) is 53.5 Å². The Morgan fingerprint density at radius 2 is 1.48 bits per heavy atom. The Kier molecular flexibility index (Phi) is 5.85. The molecule has 1 heterocycles. The van der Waals surface area contributed by atoms with Crippen molar-refractivity contribution in [3.8, 4) is 11.4 Å². The Morgan fingerprint density at radius 3 is 2.30 bits per heavy atom. The molecule has 0 aliphatic rings. The lowest BCUT2D eigenvalue weighted by Gasteiger charge is -2.14. The lowest BCUT2D eigenvalue weighted by atomic mass is 10.1. The summed E-state index contributed by atoms with van der Waals surface area (Å²) in [7, 11) is 0. The van der Waals surface area contributed by atoms with Crippen LogP contribution in [0.1, 0.15) is 5.56 Å². The molecule has 4 rings (SSSR count). The minimum atomic E-state index is 0. The van der Waals surface area contributed by atoms with Crippen LogP contribution in [0.5, 0.6) is 0 Å². The van der Waals surface area contributed by atoms with Gasteiger partial charge in [-0.2, -0.15) is 0 Å². The number of nitrogens with one attached hydrogen (secondary N) is 1. The maximum atomic E-state index is 6.35. The van der Waals surface area contributed by atoms with Crippen molar-refractivity contribution in [3.63, 3.8) is 0 Å². The van der Waals surface area contributed by atoms with Gasteiger partial charge in [-0.3, -0.25) is 0 Å². The molecular formula is C21H15Cl3N3-. The number of nitrogens with zero attached hydrogens (tertiary/aromatic N) is 2. The molecular weight excluding hydrogens is 401 g/mol. The van der Waals surface area contributed by atoms with Crippen LogP contribution >= 0.6 is 23.2 Å². The van der Waals surface area contributed by atoms with E-state index in [0.29, 0.717) is 15.9 Å². The normalized spacial score (nSPS) is 10.5. The topological polar surface area (TPSA) is 37.8 Å². The van der Waals surface area contributed by atoms with Gasteiger partial charge in [-0.25, -0.2) is 9.97 Å². The highest BCUT2D eigenvalue weighted by molar-refractivity contribution is 6.33. The van der Waals surface area contributed by atoms with E-state index >= 15 is 0 Å². The van der Waals surface area contributed by atoms with E-state index in [4.69, 9.17) is 28.2 Å². The van der Waals surface area contributed by atoms with Crippen molar-refractivity contribution in [3.05, 3.63) is 82.3 Å². The van der Waals surface area contributed by atoms with E-state index in [1.807, 2.05) is 73.7 Å². The summed E-state index contributed by atoms with van der Waals surface area (Å²) < 4.78 is 0. The summed E-state index contributed by atoms with van der Waals surface area (Å²) in [6, 6.07) is 21.2. The number of para-hydroxylation sites is 1. The van der Waals surface area contributed by atoms with Crippen LogP contribution in [0.2, 0.25) is 10.0 Å². The predicted octanol–water partition coefficient (Wildman–Crippen LogP) is 3.66. The first kappa shape index (κ1) is 19.4. The van der Waals surface area contributed by atoms with Gasteiger partial charge in [-0.05, 0) is 48.9 Å². The van der Waals surface area contributed by atoms with Crippen LogP contribution < -0.4 is 17.7 Å². The van der Waals surface area contributed by atoms with Crippen molar-refractivity contribution >= 4 is 45.6 Å². The second-order valence-corrected chi connectivity index (χ2v) is 6.74. The number of hydrogen-bond acceptors (Lipinski definition) is 3. The zero-order valence-electron chi connectivity index (χ0n) is 14.4. The quantitative estimate of drug-likeness (QED) is 0.555. The molecule has 6 heteroatoms. The number of aromatic nitrogens is 2. The molecule has 3 nitrogen and oxygen atoms in total. The van der Waals surface area contributed by atoms with Crippen molar-refractivity contribution in [2.75, 3.05) is 5.32 Å². The summed E-state index contributed by atoms with van der Waals surface area (Å²) in [4.78, 5) is 9.44. The number of anilines is 2. The Balaban J connectivity index is 0.00000210. The molecule has 0 saturated carbocycles. The molecule has 0 aliphatic heterocycles. The highest BCUT2D eigenvalue weighted by atomic mass is 35.5. The molecule has 0 aliphatic carbocycles. The Bertz CT molecular complexity index is 1110. The zero-order chi connectivity index (χ0) is 18.1. The number of benzene rings is 3. The van der Waals surface area contributed by atoms with Crippen molar-refractivity contribution in [1.29, 1.82) is 0 Å². The van der Waals surface area contributed by atoms with Crippen molar-refractivity contribution in [1.82, 2.24) is 9.97 Å². The van der Waals surface area contributed by atoms with Crippen LogP contribution in [0.3, 0.4) is 0 Å². The average molecular weight is 416 g/mol. The van der Waals surface area contributed by atoms with Gasteiger partial charge in [0.1, 0.15) is 5.82 Å². The molecule has 0 radical (unpaired) electrons. The van der Waals surface area contributed by atoms with E-state index in [-0.39, 0.29) is 12.4 Å². The average Bonchev–Trinajstić information content (AvgIpc) is 2.66. The molecule has 4 aromatic rings. The third-order valence-corrected chi connectivity index (χ3v) is 4.98. The van der Waals surface area contributed by atoms with E-state index in [1.165, 1.54) is 0 Å². The number of fused-ring (bicyclic) bond motifs is 1. The molecule has 0 amide bonds. The minimum absolute atomic E-state index is 0. The van der Waals surface area contributed by atoms with Gasteiger partial charge in [0.25, 0.3) is 0 Å². The molecule has 27 heavy (non-hydrogen) atoms. The number of rotatable bonds is 3. The summed E-state index contributed by atoms with van der Waals surface area (Å²) in [6.07, 6.45) is 0. The molecule has 136 valence electrons. The fourth-order valence-corrected chi connectivity index (χ4v) is 3.20. The number of hydrogen-bond donors (Lipinski definition) is 1. The van der Waals surface area contributed by atoms with Crippen LogP contribution in [0, 0.1) is 6.92 Å². The Labute approximate surface area is 173 Å². The minimum Gasteiger partial charge on any atom is -1.00 e.